The number of aromatic nitrogens is 2. The zero-order valence-corrected chi connectivity index (χ0v) is 17.8. The fourth-order valence-electron chi connectivity index (χ4n) is 2.81. The van der Waals surface area contributed by atoms with Crippen LogP contribution in [0.5, 0.6) is 17.4 Å². The summed E-state index contributed by atoms with van der Waals surface area (Å²) < 4.78 is 54.7. The smallest absolute Gasteiger partial charge is 0.419 e. The third-order valence-corrected chi connectivity index (χ3v) is 4.33. The van der Waals surface area contributed by atoms with Gasteiger partial charge >= 0.3 is 6.18 Å². The van der Waals surface area contributed by atoms with E-state index in [9.17, 15) is 18.0 Å². The van der Waals surface area contributed by atoms with Gasteiger partial charge in [0.15, 0.2) is 6.61 Å². The summed E-state index contributed by atoms with van der Waals surface area (Å²) in [6, 6.07) is 15.6. The van der Waals surface area contributed by atoms with Crippen molar-refractivity contribution in [2.45, 2.75) is 13.1 Å². The summed E-state index contributed by atoms with van der Waals surface area (Å²) in [6.07, 6.45) is -4.57. The number of halogens is 3. The minimum absolute atomic E-state index is 0.0992. The van der Waals surface area contributed by atoms with Gasteiger partial charge in [0.2, 0.25) is 5.88 Å². The second kappa shape index (κ2) is 11.2. The zero-order chi connectivity index (χ0) is 23.7. The molecule has 3 aromatic rings. The average Bonchev–Trinajstić information content (AvgIpc) is 2.81. The number of carbonyl (C=O) groups excluding carboxylic acids is 1. The second-order valence-corrected chi connectivity index (χ2v) is 6.70. The van der Waals surface area contributed by atoms with Crippen molar-refractivity contribution in [3.8, 4) is 28.6 Å². The van der Waals surface area contributed by atoms with E-state index in [2.05, 4.69) is 15.5 Å². The van der Waals surface area contributed by atoms with Gasteiger partial charge in [-0.05, 0) is 49.4 Å². The maximum absolute atomic E-state index is 12.9. The van der Waals surface area contributed by atoms with Crippen LogP contribution in [0.2, 0.25) is 0 Å². The number of nitrogens with zero attached hydrogens (tertiary/aromatic N) is 2. The predicted molar refractivity (Wildman–Crippen MR) is 114 cm³/mol. The average molecular weight is 461 g/mol. The lowest BCUT2D eigenvalue weighted by Gasteiger charge is -2.13. The summed E-state index contributed by atoms with van der Waals surface area (Å²) in [5.74, 6) is 0.0623. The highest BCUT2D eigenvalue weighted by Gasteiger charge is 2.34. The number of nitrogens with one attached hydrogen (secondary N) is 1. The Labute approximate surface area is 188 Å². The van der Waals surface area contributed by atoms with Gasteiger partial charge in [0.25, 0.3) is 5.91 Å². The summed E-state index contributed by atoms with van der Waals surface area (Å²) in [5.41, 5.74) is 0.597. The highest BCUT2D eigenvalue weighted by molar-refractivity contribution is 5.77. The van der Waals surface area contributed by atoms with Gasteiger partial charge in [-0.3, -0.25) is 4.79 Å². The molecule has 0 spiro atoms. The number of rotatable bonds is 10. The SMILES string of the molecule is CCOc1ccc(-c2ccc(OCCNC(=O)COc3ccccc3C(F)(F)F)nn2)cc1. The summed E-state index contributed by atoms with van der Waals surface area (Å²) in [5, 5.41) is 10.6. The summed E-state index contributed by atoms with van der Waals surface area (Å²) >= 11 is 0. The largest absolute Gasteiger partial charge is 0.494 e. The van der Waals surface area contributed by atoms with E-state index in [-0.39, 0.29) is 19.0 Å². The van der Waals surface area contributed by atoms with Gasteiger partial charge in [-0.25, -0.2) is 0 Å². The van der Waals surface area contributed by atoms with Crippen LogP contribution in [0.15, 0.2) is 60.7 Å². The molecule has 1 amide bonds. The van der Waals surface area contributed by atoms with Crippen LogP contribution in [-0.4, -0.2) is 42.5 Å². The molecule has 0 atom stereocenters. The highest BCUT2D eigenvalue weighted by atomic mass is 19.4. The number of hydrogen-bond donors (Lipinski definition) is 1. The number of para-hydroxylation sites is 1. The molecule has 174 valence electrons. The van der Waals surface area contributed by atoms with Crippen LogP contribution in [0.25, 0.3) is 11.3 Å². The van der Waals surface area contributed by atoms with Crippen LogP contribution < -0.4 is 19.5 Å². The summed E-state index contributed by atoms with van der Waals surface area (Å²) in [6.45, 7) is 2.16. The van der Waals surface area contributed by atoms with E-state index in [1.165, 1.54) is 12.1 Å². The molecule has 1 aromatic heterocycles. The van der Waals surface area contributed by atoms with E-state index in [4.69, 9.17) is 14.2 Å². The van der Waals surface area contributed by atoms with Crippen molar-refractivity contribution in [1.29, 1.82) is 0 Å². The lowest BCUT2D eigenvalue weighted by Crippen LogP contribution is -2.32. The van der Waals surface area contributed by atoms with Crippen molar-refractivity contribution < 1.29 is 32.2 Å². The number of carbonyl (C=O) groups is 1. The van der Waals surface area contributed by atoms with Gasteiger partial charge in [0.05, 0.1) is 24.4 Å². The van der Waals surface area contributed by atoms with Gasteiger partial charge in [-0.2, -0.15) is 13.2 Å². The molecule has 2 aromatic carbocycles. The molecule has 0 unspecified atom stereocenters. The molecular weight excluding hydrogens is 439 g/mol. The van der Waals surface area contributed by atoms with Crippen LogP contribution in [0.4, 0.5) is 13.2 Å². The van der Waals surface area contributed by atoms with Crippen molar-refractivity contribution in [3.63, 3.8) is 0 Å². The van der Waals surface area contributed by atoms with Crippen molar-refractivity contribution in [2.75, 3.05) is 26.4 Å². The Balaban J connectivity index is 1.41. The predicted octanol–water partition coefficient (Wildman–Crippen LogP) is 4.14. The van der Waals surface area contributed by atoms with Crippen molar-refractivity contribution in [1.82, 2.24) is 15.5 Å². The molecule has 10 heteroatoms. The highest BCUT2D eigenvalue weighted by Crippen LogP contribution is 2.35. The maximum Gasteiger partial charge on any atom is 0.419 e. The van der Waals surface area contributed by atoms with Crippen LogP contribution in [0.1, 0.15) is 12.5 Å². The van der Waals surface area contributed by atoms with Gasteiger partial charge in [-0.1, -0.05) is 12.1 Å². The third-order valence-electron chi connectivity index (χ3n) is 4.33. The fourth-order valence-corrected chi connectivity index (χ4v) is 2.81. The minimum Gasteiger partial charge on any atom is -0.494 e. The zero-order valence-electron chi connectivity index (χ0n) is 17.8. The Morgan fingerprint density at radius 1 is 0.939 bits per heavy atom. The Morgan fingerprint density at radius 2 is 1.70 bits per heavy atom. The molecule has 3 rings (SSSR count). The molecule has 0 saturated heterocycles. The molecule has 0 bridgehead atoms. The first-order valence-electron chi connectivity index (χ1n) is 10.1. The van der Waals surface area contributed by atoms with Crippen LogP contribution in [0, 0.1) is 0 Å². The number of alkyl halides is 3. The standard InChI is InChI=1S/C23H22F3N3O4/c1-2-31-17-9-7-16(8-10-17)19-11-12-22(29-28-19)32-14-13-27-21(30)15-33-20-6-4-3-5-18(20)23(24,25)26/h3-12H,2,13-15H2,1H3,(H,27,30). The molecule has 0 saturated carbocycles. The molecule has 0 aliphatic carbocycles. The van der Waals surface area contributed by atoms with Gasteiger partial charge in [-0.15, -0.1) is 10.2 Å². The first kappa shape index (κ1) is 23.8. The molecule has 0 aliphatic heterocycles. The first-order chi connectivity index (χ1) is 15.9. The van der Waals surface area contributed by atoms with Crippen molar-refractivity contribution in [2.24, 2.45) is 0 Å². The summed E-state index contributed by atoms with van der Waals surface area (Å²) in [4.78, 5) is 11.8. The molecule has 0 fully saturated rings. The van der Waals surface area contributed by atoms with Crippen LogP contribution in [0.3, 0.4) is 0 Å². The lowest BCUT2D eigenvalue weighted by atomic mass is 10.1. The Hall–Kier alpha value is -3.82. The molecule has 33 heavy (non-hydrogen) atoms. The summed E-state index contributed by atoms with van der Waals surface area (Å²) in [7, 11) is 0. The number of benzene rings is 2. The van der Waals surface area contributed by atoms with E-state index in [1.807, 2.05) is 31.2 Å². The normalized spacial score (nSPS) is 11.0. The minimum atomic E-state index is -4.57. The topological polar surface area (TPSA) is 82.6 Å². The molecular formula is C23H22F3N3O4. The molecule has 0 aliphatic rings. The first-order valence-corrected chi connectivity index (χ1v) is 10.1. The van der Waals surface area contributed by atoms with Crippen molar-refractivity contribution in [3.05, 3.63) is 66.2 Å². The Bertz CT molecular complexity index is 1040. The van der Waals surface area contributed by atoms with Gasteiger partial charge in [0, 0.05) is 11.6 Å². The maximum atomic E-state index is 12.9. The van der Waals surface area contributed by atoms with Crippen molar-refractivity contribution >= 4 is 5.91 Å². The molecule has 1 heterocycles. The van der Waals surface area contributed by atoms with E-state index in [0.29, 0.717) is 12.3 Å². The van der Waals surface area contributed by atoms with E-state index >= 15 is 0 Å². The van der Waals surface area contributed by atoms with E-state index < -0.39 is 30.0 Å². The van der Waals surface area contributed by atoms with Crippen LogP contribution >= 0.6 is 0 Å². The lowest BCUT2D eigenvalue weighted by molar-refractivity contribution is -0.139. The fraction of sp³-hybridized carbons (Fsp3) is 0.261. The van der Waals surface area contributed by atoms with E-state index in [1.54, 1.807) is 12.1 Å². The Kier molecular flexibility index (Phi) is 8.06. The third kappa shape index (κ3) is 7.09. The number of hydrogen-bond acceptors (Lipinski definition) is 6. The monoisotopic (exact) mass is 461 g/mol. The molecule has 1 N–H and O–H groups in total. The van der Waals surface area contributed by atoms with Gasteiger partial charge < -0.3 is 19.5 Å². The number of amides is 1. The molecule has 0 radical (unpaired) electrons. The second-order valence-electron chi connectivity index (χ2n) is 6.70. The van der Waals surface area contributed by atoms with E-state index in [0.717, 1.165) is 23.4 Å². The van der Waals surface area contributed by atoms with Gasteiger partial charge in [0.1, 0.15) is 18.1 Å². The van der Waals surface area contributed by atoms with Crippen LogP contribution in [-0.2, 0) is 11.0 Å². The Morgan fingerprint density at radius 3 is 2.36 bits per heavy atom. The number of ether oxygens (including phenoxy) is 3. The quantitative estimate of drug-likeness (QED) is 0.457. The molecule has 7 nitrogen and oxygen atoms in total.